The Morgan fingerprint density at radius 2 is 1.83 bits per heavy atom. The summed E-state index contributed by atoms with van der Waals surface area (Å²) in [4.78, 5) is 8.89. The number of rotatable bonds is 8. The van der Waals surface area contributed by atoms with Gasteiger partial charge < -0.3 is 15.5 Å². The van der Waals surface area contributed by atoms with E-state index in [4.69, 9.17) is 5.73 Å². The van der Waals surface area contributed by atoms with Crippen molar-refractivity contribution in [1.29, 1.82) is 0 Å². The number of hydrogen-bond acceptors (Lipinski definition) is 4. The largest absolute Gasteiger partial charge is 0.382 e. The molecule has 0 atom stereocenters. The maximum Gasteiger partial charge on any atom is 0.146 e. The van der Waals surface area contributed by atoms with Gasteiger partial charge in [-0.15, -0.1) is 0 Å². The van der Waals surface area contributed by atoms with Crippen molar-refractivity contribution in [3.8, 4) is 0 Å². The molecular formula is C14H26N4. The van der Waals surface area contributed by atoms with Crippen molar-refractivity contribution in [3.05, 3.63) is 18.3 Å². The van der Waals surface area contributed by atoms with Crippen molar-refractivity contribution in [2.45, 2.75) is 27.2 Å². The SMILES string of the molecule is CCN(CC)CCCN(CC)c1cccnc1N. The van der Waals surface area contributed by atoms with Gasteiger partial charge in [0.2, 0.25) is 0 Å². The lowest BCUT2D eigenvalue weighted by Crippen LogP contribution is -2.30. The molecule has 4 heteroatoms. The Balaban J connectivity index is 2.50. The maximum atomic E-state index is 5.92. The van der Waals surface area contributed by atoms with Gasteiger partial charge in [-0.3, -0.25) is 0 Å². The van der Waals surface area contributed by atoms with Crippen molar-refractivity contribution in [2.75, 3.05) is 43.4 Å². The monoisotopic (exact) mass is 250 g/mol. The molecule has 0 saturated carbocycles. The highest BCUT2D eigenvalue weighted by atomic mass is 15.2. The molecule has 1 heterocycles. The second-order valence-corrected chi connectivity index (χ2v) is 4.37. The van der Waals surface area contributed by atoms with Crippen LogP contribution >= 0.6 is 0 Å². The zero-order valence-electron chi connectivity index (χ0n) is 11.9. The molecule has 0 aliphatic carbocycles. The molecule has 102 valence electrons. The van der Waals surface area contributed by atoms with E-state index in [1.165, 1.54) is 0 Å². The van der Waals surface area contributed by atoms with Gasteiger partial charge in [-0.2, -0.15) is 0 Å². The van der Waals surface area contributed by atoms with Crippen LogP contribution in [0, 0.1) is 0 Å². The van der Waals surface area contributed by atoms with Crippen LogP contribution in [0.2, 0.25) is 0 Å². The van der Waals surface area contributed by atoms with Gasteiger partial charge in [0.05, 0.1) is 5.69 Å². The highest BCUT2D eigenvalue weighted by molar-refractivity contribution is 5.62. The molecule has 0 aromatic carbocycles. The van der Waals surface area contributed by atoms with E-state index in [0.29, 0.717) is 5.82 Å². The van der Waals surface area contributed by atoms with Gasteiger partial charge in [-0.1, -0.05) is 13.8 Å². The molecule has 2 N–H and O–H groups in total. The minimum absolute atomic E-state index is 0.627. The van der Waals surface area contributed by atoms with Gasteiger partial charge in [0.25, 0.3) is 0 Å². The minimum atomic E-state index is 0.627. The van der Waals surface area contributed by atoms with Gasteiger partial charge in [-0.05, 0) is 45.1 Å². The molecular weight excluding hydrogens is 224 g/mol. The Bertz CT molecular complexity index is 336. The predicted octanol–water partition coefficient (Wildman–Crippen LogP) is 2.22. The number of anilines is 2. The fourth-order valence-electron chi connectivity index (χ4n) is 2.15. The predicted molar refractivity (Wildman–Crippen MR) is 78.9 cm³/mol. The van der Waals surface area contributed by atoms with Gasteiger partial charge in [0.15, 0.2) is 0 Å². The summed E-state index contributed by atoms with van der Waals surface area (Å²) in [7, 11) is 0. The fraction of sp³-hybridized carbons (Fsp3) is 0.643. The summed E-state index contributed by atoms with van der Waals surface area (Å²) in [6, 6.07) is 3.99. The van der Waals surface area contributed by atoms with E-state index in [1.807, 2.05) is 12.1 Å². The lowest BCUT2D eigenvalue weighted by Gasteiger charge is -2.25. The quantitative estimate of drug-likeness (QED) is 0.768. The first-order valence-corrected chi connectivity index (χ1v) is 6.90. The summed E-state index contributed by atoms with van der Waals surface area (Å²) >= 11 is 0. The maximum absolute atomic E-state index is 5.92. The highest BCUT2D eigenvalue weighted by Crippen LogP contribution is 2.19. The molecule has 0 saturated heterocycles. The molecule has 0 aliphatic heterocycles. The molecule has 18 heavy (non-hydrogen) atoms. The molecule has 4 nitrogen and oxygen atoms in total. The molecule has 0 bridgehead atoms. The minimum Gasteiger partial charge on any atom is -0.382 e. The van der Waals surface area contributed by atoms with Crippen LogP contribution in [0.1, 0.15) is 27.2 Å². The van der Waals surface area contributed by atoms with E-state index in [-0.39, 0.29) is 0 Å². The van der Waals surface area contributed by atoms with E-state index in [0.717, 1.165) is 44.8 Å². The van der Waals surface area contributed by atoms with Crippen molar-refractivity contribution in [2.24, 2.45) is 0 Å². The van der Waals surface area contributed by atoms with Gasteiger partial charge in [-0.25, -0.2) is 4.98 Å². The highest BCUT2D eigenvalue weighted by Gasteiger charge is 2.08. The molecule has 1 rings (SSSR count). The molecule has 0 amide bonds. The van der Waals surface area contributed by atoms with Crippen LogP contribution in [0.25, 0.3) is 0 Å². The zero-order chi connectivity index (χ0) is 13.4. The Labute approximate surface area is 111 Å². The number of hydrogen-bond donors (Lipinski definition) is 1. The molecule has 0 unspecified atom stereocenters. The number of nitrogen functional groups attached to an aromatic ring is 1. The average molecular weight is 250 g/mol. The number of nitrogens with zero attached hydrogens (tertiary/aromatic N) is 3. The second-order valence-electron chi connectivity index (χ2n) is 4.37. The van der Waals surface area contributed by atoms with Crippen LogP contribution in [0.4, 0.5) is 11.5 Å². The van der Waals surface area contributed by atoms with E-state index in [2.05, 4.69) is 35.6 Å². The summed E-state index contributed by atoms with van der Waals surface area (Å²) in [6.45, 7) is 12.0. The molecule has 0 fully saturated rings. The number of nitrogens with two attached hydrogens (primary N) is 1. The Kier molecular flexibility index (Phi) is 6.50. The summed E-state index contributed by atoms with van der Waals surface area (Å²) in [5, 5.41) is 0. The standard InChI is InChI=1S/C14H26N4/c1-4-17(5-2)11-8-12-18(6-3)13-9-7-10-16-14(13)15/h7,9-10H,4-6,8,11-12H2,1-3H3,(H2,15,16). The molecule has 1 aromatic heterocycles. The van der Waals surface area contributed by atoms with Gasteiger partial charge >= 0.3 is 0 Å². The number of pyridine rings is 1. The lowest BCUT2D eigenvalue weighted by molar-refractivity contribution is 0.301. The van der Waals surface area contributed by atoms with Crippen molar-refractivity contribution >= 4 is 11.5 Å². The topological polar surface area (TPSA) is 45.4 Å². The van der Waals surface area contributed by atoms with Crippen molar-refractivity contribution in [3.63, 3.8) is 0 Å². The molecule has 0 radical (unpaired) electrons. The smallest absolute Gasteiger partial charge is 0.146 e. The van der Waals surface area contributed by atoms with Crippen LogP contribution in [0.15, 0.2) is 18.3 Å². The summed E-state index contributed by atoms with van der Waals surface area (Å²) in [5.74, 6) is 0.627. The average Bonchev–Trinajstić information content (AvgIpc) is 2.40. The van der Waals surface area contributed by atoms with Crippen LogP contribution in [0.5, 0.6) is 0 Å². The fourth-order valence-corrected chi connectivity index (χ4v) is 2.15. The Hall–Kier alpha value is -1.29. The van der Waals surface area contributed by atoms with Crippen LogP contribution in [-0.4, -0.2) is 42.6 Å². The van der Waals surface area contributed by atoms with E-state index < -0.39 is 0 Å². The van der Waals surface area contributed by atoms with Crippen molar-refractivity contribution in [1.82, 2.24) is 9.88 Å². The second kappa shape index (κ2) is 7.93. The number of aromatic nitrogens is 1. The first-order valence-electron chi connectivity index (χ1n) is 6.90. The third-order valence-corrected chi connectivity index (χ3v) is 3.34. The van der Waals surface area contributed by atoms with Crippen molar-refractivity contribution < 1.29 is 0 Å². The van der Waals surface area contributed by atoms with Crippen LogP contribution in [0.3, 0.4) is 0 Å². The summed E-state index contributed by atoms with van der Waals surface area (Å²) < 4.78 is 0. The van der Waals surface area contributed by atoms with E-state index in [9.17, 15) is 0 Å². The van der Waals surface area contributed by atoms with Gasteiger partial charge in [0, 0.05) is 19.3 Å². The van der Waals surface area contributed by atoms with E-state index >= 15 is 0 Å². The van der Waals surface area contributed by atoms with Crippen LogP contribution in [-0.2, 0) is 0 Å². The molecule has 1 aromatic rings. The summed E-state index contributed by atoms with van der Waals surface area (Å²) in [5.41, 5.74) is 6.97. The third-order valence-electron chi connectivity index (χ3n) is 3.34. The van der Waals surface area contributed by atoms with E-state index in [1.54, 1.807) is 6.20 Å². The normalized spacial score (nSPS) is 10.9. The Morgan fingerprint density at radius 3 is 2.39 bits per heavy atom. The summed E-state index contributed by atoms with van der Waals surface area (Å²) in [6.07, 6.45) is 2.90. The zero-order valence-corrected chi connectivity index (χ0v) is 11.9. The molecule has 0 spiro atoms. The van der Waals surface area contributed by atoms with Gasteiger partial charge in [0.1, 0.15) is 5.82 Å². The molecule has 0 aliphatic rings. The lowest BCUT2D eigenvalue weighted by atomic mass is 10.3. The first-order chi connectivity index (χ1) is 8.72. The first kappa shape index (κ1) is 14.8. The van der Waals surface area contributed by atoms with Crippen LogP contribution < -0.4 is 10.6 Å². The Morgan fingerprint density at radius 1 is 1.11 bits per heavy atom. The third kappa shape index (κ3) is 4.18.